The number of urea groups is 1. The standard InChI is InChI=1S/C16H23N3O3/c1-11(2)14(20)10-17-16(22)18-12-6-3-4-7-13(12)19-9-5-8-15(19)21/h3-4,6-7,11,14,20H,5,8-10H2,1-2H3,(H2,17,18,22)/t14-/m1/s1. The molecule has 1 saturated heterocycles. The number of nitrogens with one attached hydrogen (secondary N) is 2. The van der Waals surface area contributed by atoms with E-state index in [1.54, 1.807) is 11.0 Å². The van der Waals surface area contributed by atoms with E-state index in [1.807, 2.05) is 32.0 Å². The quantitative estimate of drug-likeness (QED) is 0.777. The van der Waals surface area contributed by atoms with Gasteiger partial charge in [-0.2, -0.15) is 0 Å². The highest BCUT2D eigenvalue weighted by Crippen LogP contribution is 2.29. The lowest BCUT2D eigenvalue weighted by Gasteiger charge is -2.20. The number of benzene rings is 1. The highest BCUT2D eigenvalue weighted by atomic mass is 16.3. The van der Waals surface area contributed by atoms with Crippen LogP contribution in [0.4, 0.5) is 16.2 Å². The molecule has 22 heavy (non-hydrogen) atoms. The summed E-state index contributed by atoms with van der Waals surface area (Å²) in [5.74, 6) is 0.152. The van der Waals surface area contributed by atoms with Crippen molar-refractivity contribution < 1.29 is 14.7 Å². The highest BCUT2D eigenvalue weighted by Gasteiger charge is 2.24. The van der Waals surface area contributed by atoms with E-state index in [0.717, 1.165) is 6.42 Å². The van der Waals surface area contributed by atoms with E-state index < -0.39 is 12.1 Å². The summed E-state index contributed by atoms with van der Waals surface area (Å²) in [5.41, 5.74) is 1.30. The first-order valence-electron chi connectivity index (χ1n) is 7.61. The van der Waals surface area contributed by atoms with Crippen LogP contribution in [0.1, 0.15) is 26.7 Å². The van der Waals surface area contributed by atoms with Crippen LogP contribution in [0.5, 0.6) is 0 Å². The van der Waals surface area contributed by atoms with Crippen molar-refractivity contribution in [1.82, 2.24) is 5.32 Å². The number of anilines is 2. The molecule has 1 atom stereocenters. The average Bonchev–Trinajstić information content (AvgIpc) is 2.91. The van der Waals surface area contributed by atoms with Crippen LogP contribution < -0.4 is 15.5 Å². The summed E-state index contributed by atoms with van der Waals surface area (Å²) in [4.78, 5) is 25.5. The second-order valence-corrected chi connectivity index (χ2v) is 5.81. The molecule has 1 aromatic carbocycles. The smallest absolute Gasteiger partial charge is 0.319 e. The number of carbonyl (C=O) groups excluding carboxylic acids is 2. The zero-order chi connectivity index (χ0) is 16.1. The van der Waals surface area contributed by atoms with Gasteiger partial charge in [0.1, 0.15) is 0 Å². The monoisotopic (exact) mass is 305 g/mol. The van der Waals surface area contributed by atoms with Crippen LogP contribution in [0, 0.1) is 5.92 Å². The molecule has 0 saturated carbocycles. The number of aliphatic hydroxyl groups excluding tert-OH is 1. The Kier molecular flexibility index (Phi) is 5.38. The Balaban J connectivity index is 2.00. The molecular weight excluding hydrogens is 282 g/mol. The molecule has 1 aliphatic rings. The van der Waals surface area contributed by atoms with Crippen molar-refractivity contribution in [2.24, 2.45) is 5.92 Å². The molecule has 0 aromatic heterocycles. The van der Waals surface area contributed by atoms with Crippen LogP contribution in [-0.4, -0.2) is 36.2 Å². The van der Waals surface area contributed by atoms with Gasteiger partial charge in [-0.05, 0) is 24.5 Å². The molecule has 1 heterocycles. The summed E-state index contributed by atoms with van der Waals surface area (Å²) in [6, 6.07) is 6.84. The number of hydrogen-bond acceptors (Lipinski definition) is 3. The van der Waals surface area contributed by atoms with Gasteiger partial charge in [0.15, 0.2) is 0 Å². The number of para-hydroxylation sites is 2. The minimum atomic E-state index is -0.582. The van der Waals surface area contributed by atoms with E-state index >= 15 is 0 Å². The van der Waals surface area contributed by atoms with Gasteiger partial charge >= 0.3 is 6.03 Å². The second-order valence-electron chi connectivity index (χ2n) is 5.81. The third-order valence-corrected chi connectivity index (χ3v) is 3.76. The van der Waals surface area contributed by atoms with Crippen molar-refractivity contribution in [2.45, 2.75) is 32.8 Å². The Labute approximate surface area is 130 Å². The van der Waals surface area contributed by atoms with E-state index in [-0.39, 0.29) is 18.4 Å². The van der Waals surface area contributed by atoms with Gasteiger partial charge in [0.25, 0.3) is 0 Å². The number of carbonyl (C=O) groups is 2. The first-order valence-corrected chi connectivity index (χ1v) is 7.61. The summed E-state index contributed by atoms with van der Waals surface area (Å²) >= 11 is 0. The summed E-state index contributed by atoms with van der Waals surface area (Å²) in [6.45, 7) is 4.64. The van der Waals surface area contributed by atoms with Gasteiger partial charge in [0.2, 0.25) is 5.91 Å². The number of nitrogens with zero attached hydrogens (tertiary/aromatic N) is 1. The van der Waals surface area contributed by atoms with Gasteiger partial charge in [0.05, 0.1) is 17.5 Å². The first-order chi connectivity index (χ1) is 10.5. The van der Waals surface area contributed by atoms with Gasteiger partial charge < -0.3 is 20.6 Å². The summed E-state index contributed by atoms with van der Waals surface area (Å²) < 4.78 is 0. The maximum atomic E-state index is 12.0. The van der Waals surface area contributed by atoms with Gasteiger partial charge in [-0.25, -0.2) is 4.79 Å². The Bertz CT molecular complexity index is 545. The predicted molar refractivity (Wildman–Crippen MR) is 85.9 cm³/mol. The van der Waals surface area contributed by atoms with Crippen LogP contribution in [0.15, 0.2) is 24.3 Å². The van der Waals surface area contributed by atoms with Crippen molar-refractivity contribution in [3.63, 3.8) is 0 Å². The lowest BCUT2D eigenvalue weighted by atomic mass is 10.1. The van der Waals surface area contributed by atoms with Gasteiger partial charge in [-0.3, -0.25) is 4.79 Å². The molecule has 1 aliphatic heterocycles. The molecule has 0 unspecified atom stereocenters. The van der Waals surface area contributed by atoms with Crippen LogP contribution in [-0.2, 0) is 4.79 Å². The molecule has 1 fully saturated rings. The van der Waals surface area contributed by atoms with Gasteiger partial charge in [0, 0.05) is 19.5 Å². The Morgan fingerprint density at radius 3 is 2.73 bits per heavy atom. The maximum absolute atomic E-state index is 12.0. The van der Waals surface area contributed by atoms with E-state index in [2.05, 4.69) is 10.6 Å². The fraction of sp³-hybridized carbons (Fsp3) is 0.500. The van der Waals surface area contributed by atoms with Crippen molar-refractivity contribution in [1.29, 1.82) is 0 Å². The molecule has 120 valence electrons. The summed E-state index contributed by atoms with van der Waals surface area (Å²) in [5, 5.41) is 15.1. The molecule has 3 N–H and O–H groups in total. The summed E-state index contributed by atoms with van der Waals surface area (Å²) in [6.07, 6.45) is 0.794. The van der Waals surface area contributed by atoms with Crippen molar-refractivity contribution in [2.75, 3.05) is 23.3 Å². The van der Waals surface area contributed by atoms with Crippen molar-refractivity contribution in [3.05, 3.63) is 24.3 Å². The van der Waals surface area contributed by atoms with E-state index in [4.69, 9.17) is 0 Å². The Morgan fingerprint density at radius 1 is 1.36 bits per heavy atom. The molecule has 1 aromatic rings. The first kappa shape index (κ1) is 16.3. The third kappa shape index (κ3) is 3.98. The Morgan fingerprint density at radius 2 is 2.09 bits per heavy atom. The highest BCUT2D eigenvalue weighted by molar-refractivity contribution is 6.01. The van der Waals surface area contributed by atoms with Crippen LogP contribution in [0.25, 0.3) is 0 Å². The van der Waals surface area contributed by atoms with Crippen LogP contribution in [0.3, 0.4) is 0 Å². The Hall–Kier alpha value is -2.08. The van der Waals surface area contributed by atoms with Gasteiger partial charge in [-0.1, -0.05) is 26.0 Å². The summed E-state index contributed by atoms with van der Waals surface area (Å²) in [7, 11) is 0. The van der Waals surface area contributed by atoms with Gasteiger partial charge in [-0.15, -0.1) is 0 Å². The molecule has 6 heteroatoms. The van der Waals surface area contributed by atoms with Crippen molar-refractivity contribution >= 4 is 23.3 Å². The second kappa shape index (κ2) is 7.26. The predicted octanol–water partition coefficient (Wildman–Crippen LogP) is 1.95. The SMILES string of the molecule is CC(C)[C@H](O)CNC(=O)Nc1ccccc1N1CCCC1=O. The lowest BCUT2D eigenvalue weighted by Crippen LogP contribution is -2.37. The average molecular weight is 305 g/mol. The molecule has 3 amide bonds. The van der Waals surface area contributed by atoms with Crippen molar-refractivity contribution in [3.8, 4) is 0 Å². The number of aliphatic hydroxyl groups is 1. The lowest BCUT2D eigenvalue weighted by molar-refractivity contribution is -0.117. The molecule has 0 aliphatic carbocycles. The normalized spacial score (nSPS) is 16.0. The van der Waals surface area contributed by atoms with E-state index in [9.17, 15) is 14.7 Å². The third-order valence-electron chi connectivity index (χ3n) is 3.76. The van der Waals surface area contributed by atoms with E-state index in [0.29, 0.717) is 24.3 Å². The number of amides is 3. The molecule has 0 radical (unpaired) electrons. The largest absolute Gasteiger partial charge is 0.391 e. The van der Waals surface area contributed by atoms with E-state index in [1.165, 1.54) is 0 Å². The van der Waals surface area contributed by atoms with Crippen LogP contribution >= 0.6 is 0 Å². The minimum absolute atomic E-state index is 0.0740. The molecule has 0 bridgehead atoms. The van der Waals surface area contributed by atoms with Crippen LogP contribution in [0.2, 0.25) is 0 Å². The zero-order valence-electron chi connectivity index (χ0n) is 13.0. The number of hydrogen-bond donors (Lipinski definition) is 3. The maximum Gasteiger partial charge on any atom is 0.319 e. The fourth-order valence-electron chi connectivity index (χ4n) is 2.32. The molecule has 0 spiro atoms. The number of rotatable bonds is 5. The molecule has 2 rings (SSSR count). The fourth-order valence-corrected chi connectivity index (χ4v) is 2.32. The minimum Gasteiger partial charge on any atom is -0.391 e. The molecular formula is C16H23N3O3. The zero-order valence-corrected chi connectivity index (χ0v) is 13.0. The topological polar surface area (TPSA) is 81.7 Å². The molecule has 6 nitrogen and oxygen atoms in total.